The number of halogens is 2. The van der Waals surface area contributed by atoms with Crippen LogP contribution in [0.5, 0.6) is 0 Å². The zero-order valence-electron chi connectivity index (χ0n) is 20.4. The summed E-state index contributed by atoms with van der Waals surface area (Å²) in [5, 5.41) is 15.8. The molecular weight excluding hydrogens is 545 g/mol. The van der Waals surface area contributed by atoms with E-state index in [9.17, 15) is 9.90 Å². The Kier molecular flexibility index (Phi) is 6.11. The van der Waals surface area contributed by atoms with Crippen LogP contribution in [0.25, 0.3) is 21.5 Å². The molecule has 2 saturated carbocycles. The van der Waals surface area contributed by atoms with Gasteiger partial charge in [-0.3, -0.25) is 0 Å². The van der Waals surface area contributed by atoms with Crippen LogP contribution in [-0.2, 0) is 11.3 Å². The number of aromatic nitrogens is 2. The molecule has 4 aromatic rings. The van der Waals surface area contributed by atoms with Crippen molar-refractivity contribution >= 4 is 55.9 Å². The van der Waals surface area contributed by atoms with Crippen molar-refractivity contribution in [1.82, 2.24) is 10.1 Å². The van der Waals surface area contributed by atoms with E-state index in [0.717, 1.165) is 65.3 Å². The maximum absolute atomic E-state index is 11.4. The molecule has 2 bridgehead atoms. The van der Waals surface area contributed by atoms with Crippen molar-refractivity contribution in [2.75, 3.05) is 11.4 Å². The van der Waals surface area contributed by atoms with Crippen LogP contribution in [0.4, 0.5) is 5.13 Å². The molecule has 4 heterocycles. The van der Waals surface area contributed by atoms with Crippen LogP contribution in [0, 0.1) is 5.92 Å². The van der Waals surface area contributed by atoms with E-state index in [4.69, 9.17) is 37.4 Å². The van der Waals surface area contributed by atoms with Gasteiger partial charge >= 0.3 is 5.97 Å². The topological polar surface area (TPSA) is 88.7 Å². The molecule has 2 aromatic heterocycles. The molecule has 7 nitrogen and oxygen atoms in total. The summed E-state index contributed by atoms with van der Waals surface area (Å²) in [7, 11) is 0. The summed E-state index contributed by atoms with van der Waals surface area (Å²) in [5.74, 6) is 0.749. The summed E-state index contributed by atoms with van der Waals surface area (Å²) in [6.07, 6.45) is 5.46. The molecule has 8 rings (SSSR count). The molecule has 3 atom stereocenters. The highest BCUT2D eigenvalue weighted by Crippen LogP contribution is 2.47. The number of anilines is 1. The Balaban J connectivity index is 1.10. The van der Waals surface area contributed by atoms with Crippen LogP contribution >= 0.6 is 34.5 Å². The van der Waals surface area contributed by atoms with Crippen molar-refractivity contribution in [3.63, 3.8) is 0 Å². The zero-order chi connectivity index (χ0) is 26.0. The van der Waals surface area contributed by atoms with Gasteiger partial charge in [-0.15, -0.1) is 0 Å². The third kappa shape index (κ3) is 4.28. The Labute approximate surface area is 233 Å². The second kappa shape index (κ2) is 9.52. The number of hydrogen-bond donors (Lipinski definition) is 1. The van der Waals surface area contributed by atoms with Gasteiger partial charge in [-0.2, -0.15) is 0 Å². The molecular formula is C28H25Cl2N3O4S. The van der Waals surface area contributed by atoms with E-state index >= 15 is 0 Å². The molecule has 10 heteroatoms. The highest BCUT2D eigenvalue weighted by Gasteiger charge is 2.43. The standard InChI is InChI=1S/C28H25Cl2N3O4S/c29-19-2-1-3-20(30)24(19)25-18(26(37-32-25)14-4-5-14)13-36-22-11-17-8-6-16(22)12-33(17)28-31-21-9-7-15(27(34)35)10-23(21)38-28/h1-3,7,9-10,14,16-17,22H,4-6,8,11-13H2,(H,34,35)/t16-,17-,22-/m1/s1. The lowest BCUT2D eigenvalue weighted by Gasteiger charge is -2.49. The molecule has 0 amide bonds. The van der Waals surface area contributed by atoms with E-state index in [1.807, 2.05) is 18.2 Å². The van der Waals surface area contributed by atoms with Gasteiger partial charge in [0.05, 0.1) is 38.5 Å². The van der Waals surface area contributed by atoms with E-state index < -0.39 is 5.97 Å². The fourth-order valence-electron chi connectivity index (χ4n) is 5.91. The lowest BCUT2D eigenvalue weighted by Crippen LogP contribution is -2.55. The fourth-order valence-corrected chi connectivity index (χ4v) is 7.57. The minimum absolute atomic E-state index is 0.134. The zero-order valence-corrected chi connectivity index (χ0v) is 22.7. The summed E-state index contributed by atoms with van der Waals surface area (Å²) < 4.78 is 13.3. The minimum atomic E-state index is -0.920. The van der Waals surface area contributed by atoms with Crippen molar-refractivity contribution in [2.45, 2.75) is 56.8 Å². The first-order chi connectivity index (χ1) is 18.5. The van der Waals surface area contributed by atoms with Crippen LogP contribution < -0.4 is 4.90 Å². The average molecular weight is 570 g/mol. The lowest BCUT2D eigenvalue weighted by atomic mass is 9.78. The Hall–Kier alpha value is -2.65. The first-order valence-electron chi connectivity index (χ1n) is 12.9. The van der Waals surface area contributed by atoms with Gasteiger partial charge in [0.25, 0.3) is 0 Å². The molecule has 0 unspecified atom stereocenters. The number of ether oxygens (including phenoxy) is 1. The average Bonchev–Trinajstić information content (AvgIpc) is 3.53. The molecule has 196 valence electrons. The van der Waals surface area contributed by atoms with Crippen molar-refractivity contribution in [2.24, 2.45) is 5.92 Å². The van der Waals surface area contributed by atoms with E-state index in [1.54, 1.807) is 29.5 Å². The molecule has 0 radical (unpaired) electrons. The van der Waals surface area contributed by atoms with Gasteiger partial charge in [0.15, 0.2) is 5.13 Å². The van der Waals surface area contributed by atoms with Crippen LogP contribution in [0.15, 0.2) is 40.9 Å². The Morgan fingerprint density at radius 2 is 1.97 bits per heavy atom. The number of piperidine rings is 2. The summed E-state index contributed by atoms with van der Waals surface area (Å²) in [6.45, 7) is 1.29. The molecule has 2 saturated heterocycles. The number of hydrogen-bond acceptors (Lipinski definition) is 7. The number of nitrogens with zero attached hydrogens (tertiary/aromatic N) is 3. The largest absolute Gasteiger partial charge is 0.478 e. The summed E-state index contributed by atoms with van der Waals surface area (Å²) >= 11 is 14.6. The van der Waals surface area contributed by atoms with Crippen molar-refractivity contribution in [3.8, 4) is 11.3 Å². The van der Waals surface area contributed by atoms with Crippen molar-refractivity contribution < 1.29 is 19.2 Å². The number of thiazole rings is 1. The smallest absolute Gasteiger partial charge is 0.335 e. The molecule has 1 N–H and O–H groups in total. The Morgan fingerprint density at radius 1 is 1.16 bits per heavy atom. The molecule has 2 aromatic carbocycles. The van der Waals surface area contributed by atoms with Crippen LogP contribution in [0.2, 0.25) is 10.0 Å². The second-order valence-corrected chi connectivity index (χ2v) is 12.3. The number of carboxylic acids is 1. The number of aromatic carboxylic acids is 1. The predicted octanol–water partition coefficient (Wildman–Crippen LogP) is 7.41. The molecule has 38 heavy (non-hydrogen) atoms. The van der Waals surface area contributed by atoms with Crippen molar-refractivity contribution in [3.05, 3.63) is 63.3 Å². The molecule has 2 aliphatic carbocycles. The summed E-state index contributed by atoms with van der Waals surface area (Å²) in [5.41, 5.74) is 3.47. The Morgan fingerprint density at radius 3 is 2.68 bits per heavy atom. The van der Waals surface area contributed by atoms with Crippen molar-refractivity contribution in [1.29, 1.82) is 0 Å². The molecule has 0 spiro atoms. The minimum Gasteiger partial charge on any atom is -0.478 e. The van der Waals surface area contributed by atoms with E-state index in [1.165, 1.54) is 0 Å². The fraction of sp³-hybridized carbons (Fsp3) is 0.393. The SMILES string of the molecule is O=C(O)c1ccc2nc(N3C[C@H]4CC[C@@H]3C[C@H]4OCc3c(-c4c(Cl)cccc4Cl)noc3C3CC3)sc2c1. The summed E-state index contributed by atoms with van der Waals surface area (Å²) in [6, 6.07) is 10.9. The quantitative estimate of drug-likeness (QED) is 0.248. The number of rotatable bonds is 7. The Bertz CT molecular complexity index is 1530. The molecule has 4 fully saturated rings. The maximum atomic E-state index is 11.4. The molecule has 4 aliphatic rings. The lowest BCUT2D eigenvalue weighted by molar-refractivity contribution is -0.0401. The second-order valence-electron chi connectivity index (χ2n) is 10.5. The highest BCUT2D eigenvalue weighted by atomic mass is 35.5. The number of carbonyl (C=O) groups is 1. The van der Waals surface area contributed by atoms with Gasteiger partial charge in [-0.1, -0.05) is 45.8 Å². The van der Waals surface area contributed by atoms with Gasteiger partial charge in [0.2, 0.25) is 0 Å². The third-order valence-electron chi connectivity index (χ3n) is 8.05. The summed E-state index contributed by atoms with van der Waals surface area (Å²) in [4.78, 5) is 18.6. The van der Waals surface area contributed by atoms with E-state index in [0.29, 0.717) is 45.8 Å². The van der Waals surface area contributed by atoms with Crippen LogP contribution in [-0.4, -0.2) is 39.9 Å². The molecule has 2 aliphatic heterocycles. The van der Waals surface area contributed by atoms with Gasteiger partial charge in [-0.25, -0.2) is 9.78 Å². The number of benzene rings is 2. The maximum Gasteiger partial charge on any atom is 0.335 e. The van der Waals surface area contributed by atoms with Crippen LogP contribution in [0.3, 0.4) is 0 Å². The predicted molar refractivity (Wildman–Crippen MR) is 148 cm³/mol. The number of fused-ring (bicyclic) bond motifs is 4. The van der Waals surface area contributed by atoms with E-state index in [2.05, 4.69) is 10.1 Å². The van der Waals surface area contributed by atoms with Gasteiger partial charge in [0, 0.05) is 35.5 Å². The van der Waals surface area contributed by atoms with Gasteiger partial charge < -0.3 is 19.3 Å². The highest BCUT2D eigenvalue weighted by molar-refractivity contribution is 7.22. The first-order valence-corrected chi connectivity index (χ1v) is 14.5. The normalized spacial score (nSPS) is 22.9. The van der Waals surface area contributed by atoms with E-state index in [-0.39, 0.29) is 11.7 Å². The number of carboxylic acid groups (broad SMARTS) is 1. The first kappa shape index (κ1) is 24.4. The third-order valence-corrected chi connectivity index (χ3v) is 9.74. The van der Waals surface area contributed by atoms with Gasteiger partial charge in [-0.05, 0) is 62.4 Å². The monoisotopic (exact) mass is 569 g/mol. The van der Waals surface area contributed by atoms with Crippen LogP contribution in [0.1, 0.15) is 59.7 Å². The van der Waals surface area contributed by atoms with Gasteiger partial charge in [0.1, 0.15) is 11.5 Å².